The van der Waals surface area contributed by atoms with Gasteiger partial charge in [0.25, 0.3) is 0 Å². The molecule has 0 aliphatic carbocycles. The van der Waals surface area contributed by atoms with E-state index in [4.69, 9.17) is 14.2 Å². The van der Waals surface area contributed by atoms with Crippen molar-refractivity contribution in [2.24, 2.45) is 0 Å². The molecule has 4 heteroatoms. The lowest BCUT2D eigenvalue weighted by atomic mass is 10.1. The van der Waals surface area contributed by atoms with Gasteiger partial charge in [0.05, 0.1) is 14.2 Å². The van der Waals surface area contributed by atoms with Crippen molar-refractivity contribution in [3.05, 3.63) is 71.8 Å². The number of carbonyl (C=O) groups is 1. The maximum Gasteiger partial charge on any atom is 0.331 e. The molecule has 0 fully saturated rings. The van der Waals surface area contributed by atoms with Crippen molar-refractivity contribution >= 4 is 18.1 Å². The van der Waals surface area contributed by atoms with Crippen molar-refractivity contribution in [1.82, 2.24) is 0 Å². The van der Waals surface area contributed by atoms with Crippen LogP contribution in [0.15, 0.2) is 60.7 Å². The first-order valence-electron chi connectivity index (χ1n) is 7.52. The number of ether oxygens (including phenoxy) is 3. The van der Waals surface area contributed by atoms with Crippen molar-refractivity contribution < 1.29 is 19.0 Å². The van der Waals surface area contributed by atoms with E-state index in [1.165, 1.54) is 6.08 Å². The number of benzene rings is 2. The van der Waals surface area contributed by atoms with Crippen molar-refractivity contribution in [2.75, 3.05) is 20.8 Å². The average molecular weight is 324 g/mol. The van der Waals surface area contributed by atoms with E-state index in [1.807, 2.05) is 48.5 Å². The largest absolute Gasteiger partial charge is 0.493 e. The third-order valence-electron chi connectivity index (χ3n) is 3.26. The molecule has 0 saturated heterocycles. The van der Waals surface area contributed by atoms with E-state index < -0.39 is 5.97 Å². The molecule has 0 heterocycles. The number of esters is 1. The fourth-order valence-electron chi connectivity index (χ4n) is 2.13. The molecule has 2 aromatic rings. The number of hydrogen-bond acceptors (Lipinski definition) is 4. The number of methoxy groups -OCH3 is 2. The molecule has 0 unspecified atom stereocenters. The molecule has 0 N–H and O–H groups in total. The van der Waals surface area contributed by atoms with Crippen LogP contribution in [0.4, 0.5) is 0 Å². The maximum atomic E-state index is 11.8. The molecule has 0 aliphatic rings. The summed E-state index contributed by atoms with van der Waals surface area (Å²) in [5.74, 6) is 0.768. The van der Waals surface area contributed by atoms with Gasteiger partial charge in [-0.05, 0) is 23.8 Å². The Bertz CT molecular complexity index is 718. The molecule has 0 aliphatic heterocycles. The Balaban J connectivity index is 1.90. The molecular formula is C20H20O4. The van der Waals surface area contributed by atoms with E-state index in [0.717, 1.165) is 11.1 Å². The first-order valence-corrected chi connectivity index (χ1v) is 7.52. The van der Waals surface area contributed by atoms with Gasteiger partial charge >= 0.3 is 5.97 Å². The second-order valence-corrected chi connectivity index (χ2v) is 4.86. The second kappa shape index (κ2) is 9.20. The minimum Gasteiger partial charge on any atom is -0.493 e. The molecule has 2 aromatic carbocycles. The lowest BCUT2D eigenvalue weighted by Gasteiger charge is -2.09. The van der Waals surface area contributed by atoms with E-state index in [-0.39, 0.29) is 6.61 Å². The maximum absolute atomic E-state index is 11.8. The van der Waals surface area contributed by atoms with Gasteiger partial charge in [-0.2, -0.15) is 0 Å². The van der Waals surface area contributed by atoms with Crippen molar-refractivity contribution in [2.45, 2.75) is 0 Å². The third kappa shape index (κ3) is 5.02. The Labute approximate surface area is 142 Å². The van der Waals surface area contributed by atoms with Gasteiger partial charge in [-0.25, -0.2) is 4.79 Å². The van der Waals surface area contributed by atoms with Crippen molar-refractivity contribution in [3.63, 3.8) is 0 Å². The standard InChI is InChI=1S/C20H20O4/c1-22-18-12-6-11-17(20(18)23-2)13-14-19(21)24-15-7-10-16-8-4-3-5-9-16/h3-14H,15H2,1-2H3/b10-7+,14-13+. The fraction of sp³-hybridized carbons (Fsp3) is 0.150. The van der Waals surface area contributed by atoms with Gasteiger partial charge < -0.3 is 14.2 Å². The SMILES string of the molecule is COc1cccc(/C=C/C(=O)OC/C=C/c2ccccc2)c1OC. The number of rotatable bonds is 7. The Morgan fingerprint density at radius 1 is 0.958 bits per heavy atom. The lowest BCUT2D eigenvalue weighted by Crippen LogP contribution is -2.00. The van der Waals surface area contributed by atoms with Crippen LogP contribution < -0.4 is 9.47 Å². The molecule has 124 valence electrons. The first-order chi connectivity index (χ1) is 11.7. The molecule has 0 bridgehead atoms. The van der Waals surface area contributed by atoms with Crippen molar-refractivity contribution in [3.8, 4) is 11.5 Å². The molecular weight excluding hydrogens is 304 g/mol. The van der Waals surface area contributed by atoms with E-state index >= 15 is 0 Å². The summed E-state index contributed by atoms with van der Waals surface area (Å²) in [6.07, 6.45) is 6.72. The van der Waals surface area contributed by atoms with Gasteiger partial charge in [0.1, 0.15) is 6.61 Å². The van der Waals surface area contributed by atoms with Crippen LogP contribution in [0.2, 0.25) is 0 Å². The third-order valence-corrected chi connectivity index (χ3v) is 3.26. The highest BCUT2D eigenvalue weighted by Gasteiger charge is 2.07. The number of carbonyl (C=O) groups excluding carboxylic acids is 1. The zero-order chi connectivity index (χ0) is 17.2. The Hall–Kier alpha value is -3.01. The monoisotopic (exact) mass is 324 g/mol. The summed E-state index contributed by atoms with van der Waals surface area (Å²) in [4.78, 5) is 11.8. The Morgan fingerprint density at radius 2 is 1.75 bits per heavy atom. The molecule has 2 rings (SSSR count). The second-order valence-electron chi connectivity index (χ2n) is 4.86. The molecule has 4 nitrogen and oxygen atoms in total. The van der Waals surface area contributed by atoms with Crippen LogP contribution in [0.1, 0.15) is 11.1 Å². The first kappa shape index (κ1) is 17.3. The molecule has 0 atom stereocenters. The predicted octanol–water partition coefficient (Wildman–Crippen LogP) is 3.97. The molecule has 0 spiro atoms. The minimum absolute atomic E-state index is 0.216. The summed E-state index contributed by atoms with van der Waals surface area (Å²) in [7, 11) is 3.13. The van der Waals surface area contributed by atoms with Crippen LogP contribution in [0.5, 0.6) is 11.5 Å². The van der Waals surface area contributed by atoms with Gasteiger partial charge in [-0.3, -0.25) is 0 Å². The normalized spacial score (nSPS) is 10.9. The summed E-state index contributed by atoms with van der Waals surface area (Å²) in [5, 5.41) is 0. The number of para-hydroxylation sites is 1. The fourth-order valence-corrected chi connectivity index (χ4v) is 2.13. The Morgan fingerprint density at radius 3 is 2.46 bits per heavy atom. The Kier molecular flexibility index (Phi) is 6.65. The van der Waals surface area contributed by atoms with Gasteiger partial charge in [-0.15, -0.1) is 0 Å². The van der Waals surface area contributed by atoms with Crippen LogP contribution in [-0.4, -0.2) is 26.8 Å². The smallest absolute Gasteiger partial charge is 0.331 e. The van der Waals surface area contributed by atoms with E-state index in [1.54, 1.807) is 32.4 Å². The van der Waals surface area contributed by atoms with E-state index in [0.29, 0.717) is 11.5 Å². The number of hydrogen-bond donors (Lipinski definition) is 0. The van der Waals surface area contributed by atoms with Gasteiger partial charge in [0.2, 0.25) is 0 Å². The predicted molar refractivity (Wildman–Crippen MR) is 95.0 cm³/mol. The topological polar surface area (TPSA) is 44.8 Å². The average Bonchev–Trinajstić information content (AvgIpc) is 2.63. The quantitative estimate of drug-likeness (QED) is 0.571. The van der Waals surface area contributed by atoms with E-state index in [2.05, 4.69) is 0 Å². The van der Waals surface area contributed by atoms with Gasteiger partial charge in [-0.1, -0.05) is 48.5 Å². The molecule has 0 aromatic heterocycles. The van der Waals surface area contributed by atoms with Crippen molar-refractivity contribution in [1.29, 1.82) is 0 Å². The highest BCUT2D eigenvalue weighted by Crippen LogP contribution is 2.31. The van der Waals surface area contributed by atoms with E-state index in [9.17, 15) is 4.79 Å². The lowest BCUT2D eigenvalue weighted by molar-refractivity contribution is -0.136. The van der Waals surface area contributed by atoms with Gasteiger partial charge in [0.15, 0.2) is 11.5 Å². The van der Waals surface area contributed by atoms with Crippen LogP contribution in [0, 0.1) is 0 Å². The highest BCUT2D eigenvalue weighted by molar-refractivity contribution is 5.88. The molecule has 0 saturated carbocycles. The zero-order valence-electron chi connectivity index (χ0n) is 13.8. The summed E-state index contributed by atoms with van der Waals surface area (Å²) in [6.45, 7) is 0.216. The molecule has 0 amide bonds. The van der Waals surface area contributed by atoms with Crippen LogP contribution in [0.3, 0.4) is 0 Å². The van der Waals surface area contributed by atoms with Gasteiger partial charge in [0, 0.05) is 11.6 Å². The van der Waals surface area contributed by atoms with Crippen LogP contribution in [0.25, 0.3) is 12.2 Å². The highest BCUT2D eigenvalue weighted by atomic mass is 16.5. The minimum atomic E-state index is -0.419. The zero-order valence-corrected chi connectivity index (χ0v) is 13.8. The molecule has 0 radical (unpaired) electrons. The summed E-state index contributed by atoms with van der Waals surface area (Å²) < 4.78 is 15.7. The van der Waals surface area contributed by atoms with Crippen LogP contribution in [-0.2, 0) is 9.53 Å². The van der Waals surface area contributed by atoms with Crippen LogP contribution >= 0.6 is 0 Å². The summed E-state index contributed by atoms with van der Waals surface area (Å²) >= 11 is 0. The summed E-state index contributed by atoms with van der Waals surface area (Å²) in [5.41, 5.74) is 1.80. The molecule has 24 heavy (non-hydrogen) atoms. The summed E-state index contributed by atoms with van der Waals surface area (Å²) in [6, 6.07) is 15.3.